The lowest BCUT2D eigenvalue weighted by Gasteiger charge is -2.33. The first kappa shape index (κ1) is 17.3. The summed E-state index contributed by atoms with van der Waals surface area (Å²) in [7, 11) is 0. The third-order valence-corrected chi connectivity index (χ3v) is 3.75. The number of nitrogens with one attached hydrogen (secondary N) is 1. The number of aliphatic carboxylic acids is 1. The van der Waals surface area contributed by atoms with E-state index in [1.807, 2.05) is 0 Å². The van der Waals surface area contributed by atoms with Crippen LogP contribution in [0.3, 0.4) is 0 Å². The van der Waals surface area contributed by atoms with Crippen molar-refractivity contribution in [1.82, 2.24) is 5.32 Å². The average Bonchev–Trinajstić information content (AvgIpc) is 2.47. The fourth-order valence-corrected chi connectivity index (χ4v) is 2.47. The molecule has 0 aliphatic carbocycles. The number of amides is 1. The predicted molar refractivity (Wildman–Crippen MR) is 73.7 cm³/mol. The molecule has 0 bridgehead atoms. The maximum atomic E-state index is 12.7. The molecule has 1 aromatic rings. The van der Waals surface area contributed by atoms with E-state index in [9.17, 15) is 27.9 Å². The molecule has 1 amide bonds. The summed E-state index contributed by atoms with van der Waals surface area (Å²) in [5, 5.41) is 11.8. The lowest BCUT2D eigenvalue weighted by Crippen LogP contribution is -2.57. The predicted octanol–water partition coefficient (Wildman–Crippen LogP) is 2.00. The molecule has 5 nitrogen and oxygen atoms in total. The highest BCUT2D eigenvalue weighted by molar-refractivity contribution is 5.88. The zero-order chi connectivity index (χ0) is 17.1. The van der Waals surface area contributed by atoms with Gasteiger partial charge in [-0.2, -0.15) is 13.2 Å². The van der Waals surface area contributed by atoms with Gasteiger partial charge in [0.05, 0.1) is 12.0 Å². The molecule has 1 aliphatic rings. The molecule has 2 N–H and O–H groups in total. The lowest BCUT2D eigenvalue weighted by molar-refractivity contribution is -0.152. The molecule has 0 radical (unpaired) electrons. The maximum Gasteiger partial charge on any atom is 0.416 e. The molecular formula is C15H16F3NO4. The van der Waals surface area contributed by atoms with E-state index in [1.54, 1.807) is 0 Å². The van der Waals surface area contributed by atoms with E-state index in [2.05, 4.69) is 5.32 Å². The van der Waals surface area contributed by atoms with Crippen molar-refractivity contribution in [3.63, 3.8) is 0 Å². The van der Waals surface area contributed by atoms with Crippen molar-refractivity contribution in [2.45, 2.75) is 31.0 Å². The van der Waals surface area contributed by atoms with Gasteiger partial charge in [-0.25, -0.2) is 4.79 Å². The number of hydrogen-bond donors (Lipinski definition) is 2. The van der Waals surface area contributed by atoms with E-state index < -0.39 is 29.2 Å². The highest BCUT2D eigenvalue weighted by atomic mass is 19.4. The average molecular weight is 331 g/mol. The van der Waals surface area contributed by atoms with Crippen LogP contribution in [0.1, 0.15) is 24.0 Å². The summed E-state index contributed by atoms with van der Waals surface area (Å²) in [5.74, 6) is -1.80. The number of alkyl halides is 3. The molecule has 1 saturated heterocycles. The van der Waals surface area contributed by atoms with Gasteiger partial charge in [-0.15, -0.1) is 0 Å². The van der Waals surface area contributed by atoms with Gasteiger partial charge in [0.1, 0.15) is 5.54 Å². The number of hydrogen-bond acceptors (Lipinski definition) is 3. The Bertz CT molecular complexity index is 595. The first-order valence-electron chi connectivity index (χ1n) is 7.01. The SMILES string of the molecule is O=C(Cc1cccc(C(F)(F)F)c1)NC1(C(=O)O)CCOCC1. The summed E-state index contributed by atoms with van der Waals surface area (Å²) in [4.78, 5) is 23.5. The second-order valence-electron chi connectivity index (χ2n) is 5.42. The number of carbonyl (C=O) groups excluding carboxylic acids is 1. The van der Waals surface area contributed by atoms with Crippen LogP contribution in [-0.2, 0) is 26.9 Å². The number of ether oxygens (including phenoxy) is 1. The van der Waals surface area contributed by atoms with Gasteiger partial charge >= 0.3 is 12.1 Å². The van der Waals surface area contributed by atoms with Gasteiger partial charge in [0.2, 0.25) is 5.91 Å². The molecule has 1 fully saturated rings. The van der Waals surface area contributed by atoms with Crippen LogP contribution in [0.5, 0.6) is 0 Å². The van der Waals surface area contributed by atoms with Crippen LogP contribution in [0.15, 0.2) is 24.3 Å². The van der Waals surface area contributed by atoms with Crippen molar-refractivity contribution in [3.05, 3.63) is 35.4 Å². The van der Waals surface area contributed by atoms with Crippen molar-refractivity contribution in [1.29, 1.82) is 0 Å². The van der Waals surface area contributed by atoms with Crippen LogP contribution in [-0.4, -0.2) is 35.7 Å². The van der Waals surface area contributed by atoms with Crippen LogP contribution >= 0.6 is 0 Å². The molecule has 0 unspecified atom stereocenters. The minimum atomic E-state index is -4.49. The van der Waals surface area contributed by atoms with Gasteiger partial charge in [-0.1, -0.05) is 18.2 Å². The summed E-state index contributed by atoms with van der Waals surface area (Å²) < 4.78 is 43.0. The lowest BCUT2D eigenvalue weighted by atomic mass is 9.89. The highest BCUT2D eigenvalue weighted by Crippen LogP contribution is 2.29. The molecule has 1 heterocycles. The van der Waals surface area contributed by atoms with E-state index >= 15 is 0 Å². The van der Waals surface area contributed by atoms with Crippen LogP contribution < -0.4 is 5.32 Å². The Hall–Kier alpha value is -2.09. The second-order valence-corrected chi connectivity index (χ2v) is 5.42. The Morgan fingerprint density at radius 3 is 2.48 bits per heavy atom. The molecule has 126 valence electrons. The number of rotatable bonds is 4. The Morgan fingerprint density at radius 2 is 1.91 bits per heavy atom. The molecule has 1 aromatic carbocycles. The molecule has 0 spiro atoms. The van der Waals surface area contributed by atoms with Crippen LogP contribution in [0.4, 0.5) is 13.2 Å². The maximum absolute atomic E-state index is 12.7. The highest BCUT2D eigenvalue weighted by Gasteiger charge is 2.41. The number of carboxylic acids is 1. The second kappa shape index (κ2) is 6.57. The largest absolute Gasteiger partial charge is 0.480 e. The Morgan fingerprint density at radius 1 is 1.26 bits per heavy atom. The number of carboxylic acid groups (broad SMARTS) is 1. The number of benzene rings is 1. The van der Waals surface area contributed by atoms with E-state index in [-0.39, 0.29) is 38.0 Å². The van der Waals surface area contributed by atoms with E-state index in [4.69, 9.17) is 4.74 Å². The number of halogens is 3. The van der Waals surface area contributed by atoms with Gasteiger partial charge < -0.3 is 15.2 Å². The molecule has 0 saturated carbocycles. The first-order valence-corrected chi connectivity index (χ1v) is 7.01. The van der Waals surface area contributed by atoms with Gasteiger partial charge in [0, 0.05) is 26.1 Å². The fraction of sp³-hybridized carbons (Fsp3) is 0.467. The Balaban J connectivity index is 2.08. The van der Waals surface area contributed by atoms with Crippen LogP contribution in [0.2, 0.25) is 0 Å². The van der Waals surface area contributed by atoms with Gasteiger partial charge in [0.15, 0.2) is 0 Å². The Kier molecular flexibility index (Phi) is 4.93. The monoisotopic (exact) mass is 331 g/mol. The van der Waals surface area contributed by atoms with Gasteiger partial charge in [0.25, 0.3) is 0 Å². The van der Waals surface area contributed by atoms with Crippen LogP contribution in [0.25, 0.3) is 0 Å². The molecule has 0 aromatic heterocycles. The Labute approximate surface area is 130 Å². The third kappa shape index (κ3) is 4.22. The fourth-order valence-electron chi connectivity index (χ4n) is 2.47. The minimum absolute atomic E-state index is 0.122. The standard InChI is InChI=1S/C15H16F3NO4/c16-15(17,18)11-3-1-2-10(8-11)9-12(20)19-14(13(21)22)4-6-23-7-5-14/h1-3,8H,4-7,9H2,(H,19,20)(H,21,22). The minimum Gasteiger partial charge on any atom is -0.480 e. The molecule has 1 aliphatic heterocycles. The van der Waals surface area contributed by atoms with Gasteiger partial charge in [-0.05, 0) is 11.6 Å². The summed E-state index contributed by atoms with van der Waals surface area (Å²) in [6.45, 7) is 0.409. The third-order valence-electron chi connectivity index (χ3n) is 3.75. The summed E-state index contributed by atoms with van der Waals surface area (Å²) >= 11 is 0. The molecular weight excluding hydrogens is 315 g/mol. The molecule has 8 heteroatoms. The normalized spacial score (nSPS) is 17.5. The molecule has 23 heavy (non-hydrogen) atoms. The summed E-state index contributed by atoms with van der Waals surface area (Å²) in [6.07, 6.45) is -4.57. The van der Waals surface area contributed by atoms with Crippen molar-refractivity contribution in [2.24, 2.45) is 0 Å². The smallest absolute Gasteiger partial charge is 0.416 e. The topological polar surface area (TPSA) is 75.6 Å². The van der Waals surface area contributed by atoms with E-state index in [0.717, 1.165) is 12.1 Å². The van der Waals surface area contributed by atoms with Crippen molar-refractivity contribution in [2.75, 3.05) is 13.2 Å². The summed E-state index contributed by atoms with van der Waals surface area (Å²) in [6, 6.07) is 4.41. The summed E-state index contributed by atoms with van der Waals surface area (Å²) in [5.41, 5.74) is -2.09. The molecule has 0 atom stereocenters. The quantitative estimate of drug-likeness (QED) is 0.885. The van der Waals surface area contributed by atoms with Crippen molar-refractivity contribution in [3.8, 4) is 0 Å². The van der Waals surface area contributed by atoms with Crippen LogP contribution in [0, 0.1) is 0 Å². The number of carbonyl (C=O) groups is 2. The van der Waals surface area contributed by atoms with Gasteiger partial charge in [-0.3, -0.25) is 4.79 Å². The first-order chi connectivity index (χ1) is 10.7. The van der Waals surface area contributed by atoms with Crippen molar-refractivity contribution >= 4 is 11.9 Å². The van der Waals surface area contributed by atoms with E-state index in [0.29, 0.717) is 0 Å². The van der Waals surface area contributed by atoms with E-state index in [1.165, 1.54) is 12.1 Å². The zero-order valence-corrected chi connectivity index (χ0v) is 12.2. The zero-order valence-electron chi connectivity index (χ0n) is 12.2. The van der Waals surface area contributed by atoms with Crippen molar-refractivity contribution < 1.29 is 32.6 Å². The molecule has 2 rings (SSSR count).